The van der Waals surface area contributed by atoms with Gasteiger partial charge in [0.05, 0.1) is 0 Å². The SMILES string of the molecule is C/C=C/CCc1cnc(-c2ccc(-c3ccc(-c4cc(F)c(C(F)(F)Oc5cc(F)c(C#N)c(F)c5)c(F)c4)c(F)c3)c(F)c2)nc1. The zero-order valence-corrected chi connectivity index (χ0v) is 24.3. The molecule has 0 aliphatic carbocycles. The van der Waals surface area contributed by atoms with Crippen molar-refractivity contribution in [2.75, 3.05) is 0 Å². The molecule has 1 aromatic heterocycles. The second-order valence-corrected chi connectivity index (χ2v) is 10.2. The highest BCUT2D eigenvalue weighted by Crippen LogP contribution is 2.39. The Labute approximate surface area is 263 Å². The summed E-state index contributed by atoms with van der Waals surface area (Å²) in [6.45, 7) is 1.92. The third-order valence-corrected chi connectivity index (χ3v) is 7.07. The molecular formula is C35H21F8N3O. The van der Waals surface area contributed by atoms with Gasteiger partial charge in [0, 0.05) is 41.2 Å². The van der Waals surface area contributed by atoms with Gasteiger partial charge in [0.25, 0.3) is 0 Å². The number of aromatic nitrogens is 2. The largest absolute Gasteiger partial charge is 0.432 e. The fourth-order valence-corrected chi connectivity index (χ4v) is 4.78. The Morgan fingerprint density at radius 3 is 1.81 bits per heavy atom. The molecule has 4 nitrogen and oxygen atoms in total. The van der Waals surface area contributed by atoms with Gasteiger partial charge in [-0.2, -0.15) is 14.0 Å². The molecule has 0 saturated carbocycles. The number of aryl methyl sites for hydroxylation is 1. The summed E-state index contributed by atoms with van der Waals surface area (Å²) in [5, 5.41) is 8.71. The van der Waals surface area contributed by atoms with Crippen LogP contribution in [0, 0.1) is 46.2 Å². The third-order valence-electron chi connectivity index (χ3n) is 7.07. The first-order valence-electron chi connectivity index (χ1n) is 13.9. The van der Waals surface area contributed by atoms with Crippen LogP contribution >= 0.6 is 0 Å². The van der Waals surface area contributed by atoms with Crippen LogP contribution in [0.4, 0.5) is 35.1 Å². The smallest absolute Gasteiger partial charge is 0.429 e. The number of allylic oxidation sites excluding steroid dienone is 2. The van der Waals surface area contributed by atoms with Crippen LogP contribution in [0.3, 0.4) is 0 Å². The Hall–Kier alpha value is -5.57. The lowest BCUT2D eigenvalue weighted by atomic mass is 9.97. The molecule has 12 heteroatoms. The van der Waals surface area contributed by atoms with E-state index >= 15 is 8.78 Å². The lowest BCUT2D eigenvalue weighted by molar-refractivity contribution is -0.189. The molecule has 0 aliphatic rings. The van der Waals surface area contributed by atoms with E-state index < -0.39 is 69.0 Å². The summed E-state index contributed by atoms with van der Waals surface area (Å²) in [5.74, 6) is -9.38. The van der Waals surface area contributed by atoms with Crippen LogP contribution in [0.1, 0.15) is 30.0 Å². The number of halogens is 8. The molecule has 238 valence electrons. The Morgan fingerprint density at radius 1 is 0.723 bits per heavy atom. The van der Waals surface area contributed by atoms with Crippen molar-refractivity contribution in [1.29, 1.82) is 5.26 Å². The maximum absolute atomic E-state index is 15.2. The van der Waals surface area contributed by atoms with Gasteiger partial charge in [0.1, 0.15) is 57.8 Å². The monoisotopic (exact) mass is 651 g/mol. The Morgan fingerprint density at radius 2 is 1.26 bits per heavy atom. The Bertz CT molecular complexity index is 1990. The summed E-state index contributed by atoms with van der Waals surface area (Å²) in [6.07, 6.45) is 4.05. The van der Waals surface area contributed by atoms with Crippen molar-refractivity contribution >= 4 is 0 Å². The van der Waals surface area contributed by atoms with Crippen molar-refractivity contribution in [3.63, 3.8) is 0 Å². The molecule has 0 unspecified atom stereocenters. The van der Waals surface area contributed by atoms with Crippen LogP contribution < -0.4 is 4.74 Å². The fraction of sp³-hybridized carbons (Fsp3) is 0.114. The predicted molar refractivity (Wildman–Crippen MR) is 157 cm³/mol. The molecule has 0 aliphatic heterocycles. The summed E-state index contributed by atoms with van der Waals surface area (Å²) < 4.78 is 122. The van der Waals surface area contributed by atoms with E-state index in [1.54, 1.807) is 18.5 Å². The summed E-state index contributed by atoms with van der Waals surface area (Å²) in [5.41, 5.74) is -2.46. The van der Waals surface area contributed by atoms with Crippen LogP contribution in [0.25, 0.3) is 33.6 Å². The maximum atomic E-state index is 15.2. The average molecular weight is 652 g/mol. The first-order valence-corrected chi connectivity index (χ1v) is 13.9. The first kappa shape index (κ1) is 32.8. The van der Waals surface area contributed by atoms with Gasteiger partial charge in [0.15, 0.2) is 5.82 Å². The van der Waals surface area contributed by atoms with Gasteiger partial charge in [-0.25, -0.2) is 36.3 Å². The second kappa shape index (κ2) is 13.4. The van der Waals surface area contributed by atoms with E-state index in [0.29, 0.717) is 17.7 Å². The minimum absolute atomic E-state index is 0.00217. The molecule has 5 rings (SSSR count). The molecule has 4 aromatic carbocycles. The zero-order valence-electron chi connectivity index (χ0n) is 24.3. The molecular weight excluding hydrogens is 630 g/mol. The second-order valence-electron chi connectivity index (χ2n) is 10.2. The standard InChI is InChI=1S/C35H21F8N3O/c1-2-3-4-5-19-17-45-34(46-18-19)21-7-9-24(28(37)11-21)20-6-8-25(27(36)10-20)22-12-31(40)33(32(41)13-22)35(42,43)47-23-14-29(38)26(16-44)30(39)15-23/h2-3,6-15,17-18H,4-5H2,1H3/b3-2+. The number of hydrogen-bond acceptors (Lipinski definition) is 4. The van der Waals surface area contributed by atoms with E-state index in [0.717, 1.165) is 30.5 Å². The predicted octanol–water partition coefficient (Wildman–Crippen LogP) is 9.82. The molecule has 0 atom stereocenters. The van der Waals surface area contributed by atoms with Gasteiger partial charge in [-0.3, -0.25) is 0 Å². The van der Waals surface area contributed by atoms with Crippen LogP contribution in [-0.2, 0) is 12.5 Å². The third kappa shape index (κ3) is 6.99. The highest BCUT2D eigenvalue weighted by atomic mass is 19.3. The van der Waals surface area contributed by atoms with E-state index in [2.05, 4.69) is 14.7 Å². The van der Waals surface area contributed by atoms with Crippen molar-refractivity contribution < 1.29 is 39.9 Å². The average Bonchev–Trinajstić information content (AvgIpc) is 3.00. The number of nitriles is 1. The zero-order chi connectivity index (χ0) is 33.9. The summed E-state index contributed by atoms with van der Waals surface area (Å²) in [4.78, 5) is 8.56. The highest BCUT2D eigenvalue weighted by Gasteiger charge is 2.41. The van der Waals surface area contributed by atoms with E-state index in [1.807, 2.05) is 19.1 Å². The lowest BCUT2D eigenvalue weighted by Gasteiger charge is -2.20. The van der Waals surface area contributed by atoms with Crippen molar-refractivity contribution in [1.82, 2.24) is 9.97 Å². The number of hydrogen-bond donors (Lipinski definition) is 0. The fourth-order valence-electron chi connectivity index (χ4n) is 4.78. The van der Waals surface area contributed by atoms with Gasteiger partial charge in [-0.05, 0) is 60.7 Å². The molecule has 1 heterocycles. The molecule has 47 heavy (non-hydrogen) atoms. The van der Waals surface area contributed by atoms with Gasteiger partial charge >= 0.3 is 6.11 Å². The molecule has 0 radical (unpaired) electrons. The number of nitrogens with zero attached hydrogens (tertiary/aromatic N) is 3. The minimum atomic E-state index is -4.77. The molecule has 0 N–H and O–H groups in total. The van der Waals surface area contributed by atoms with Gasteiger partial charge < -0.3 is 4.74 Å². The lowest BCUT2D eigenvalue weighted by Crippen LogP contribution is -2.25. The maximum Gasteiger partial charge on any atom is 0.432 e. The summed E-state index contributed by atoms with van der Waals surface area (Å²) >= 11 is 0. The topological polar surface area (TPSA) is 58.8 Å². The van der Waals surface area contributed by atoms with Crippen molar-refractivity contribution in [2.45, 2.75) is 25.9 Å². The highest BCUT2D eigenvalue weighted by molar-refractivity contribution is 5.73. The molecule has 0 bridgehead atoms. The van der Waals surface area contributed by atoms with E-state index in [9.17, 15) is 26.3 Å². The number of alkyl halides is 2. The van der Waals surface area contributed by atoms with Crippen LogP contribution in [-0.4, -0.2) is 9.97 Å². The Balaban J connectivity index is 1.38. The van der Waals surface area contributed by atoms with Crippen molar-refractivity contribution in [3.8, 4) is 45.5 Å². The number of ether oxygens (including phenoxy) is 1. The quantitative estimate of drug-likeness (QED) is 0.118. The first-order chi connectivity index (χ1) is 22.4. The van der Waals surface area contributed by atoms with Crippen molar-refractivity contribution in [3.05, 3.63) is 137 Å². The summed E-state index contributed by atoms with van der Waals surface area (Å²) in [7, 11) is 0. The molecule has 0 fully saturated rings. The normalized spacial score (nSPS) is 11.6. The Kier molecular flexibility index (Phi) is 9.37. The van der Waals surface area contributed by atoms with E-state index in [4.69, 9.17) is 5.26 Å². The molecule has 5 aromatic rings. The van der Waals surface area contributed by atoms with Gasteiger partial charge in [-0.15, -0.1) is 0 Å². The number of rotatable bonds is 9. The minimum Gasteiger partial charge on any atom is -0.429 e. The number of benzene rings is 4. The van der Waals surface area contributed by atoms with E-state index in [-0.39, 0.29) is 29.1 Å². The molecule has 0 amide bonds. The summed E-state index contributed by atoms with van der Waals surface area (Å²) in [6, 6.07) is 9.97. The molecule has 0 saturated heterocycles. The van der Waals surface area contributed by atoms with Crippen LogP contribution in [0.2, 0.25) is 0 Å². The van der Waals surface area contributed by atoms with Gasteiger partial charge in [0.2, 0.25) is 0 Å². The van der Waals surface area contributed by atoms with Crippen LogP contribution in [0.15, 0.2) is 85.2 Å². The van der Waals surface area contributed by atoms with Gasteiger partial charge in [-0.1, -0.05) is 36.4 Å². The molecule has 0 spiro atoms. The van der Waals surface area contributed by atoms with E-state index in [1.165, 1.54) is 24.3 Å². The van der Waals surface area contributed by atoms with Crippen molar-refractivity contribution in [2.24, 2.45) is 0 Å². The van der Waals surface area contributed by atoms with Crippen LogP contribution in [0.5, 0.6) is 5.75 Å².